The van der Waals surface area contributed by atoms with E-state index in [0.29, 0.717) is 4.88 Å². The van der Waals surface area contributed by atoms with Crippen molar-refractivity contribution >= 4 is 17.3 Å². The molecule has 1 fully saturated rings. The Morgan fingerprint density at radius 1 is 1.40 bits per heavy atom. The zero-order chi connectivity index (χ0) is 14.9. The van der Waals surface area contributed by atoms with Crippen molar-refractivity contribution in [3.63, 3.8) is 0 Å². The SMILES string of the molecule is CC(C)c1nc(C2CN(C)CCCN2C)sc1C(=O)O. The number of aromatic carboxylic acids is 1. The molecular weight excluding hydrogens is 274 g/mol. The molecule has 2 rings (SSSR count). The number of carboxylic acid groups (broad SMARTS) is 1. The molecule has 1 aromatic rings. The molecule has 1 aromatic heterocycles. The van der Waals surface area contributed by atoms with Crippen molar-refractivity contribution in [1.82, 2.24) is 14.8 Å². The Hall–Kier alpha value is -0.980. The van der Waals surface area contributed by atoms with E-state index in [4.69, 9.17) is 0 Å². The second-order valence-corrected chi connectivity index (χ2v) is 6.87. The number of nitrogens with zero attached hydrogens (tertiary/aromatic N) is 3. The van der Waals surface area contributed by atoms with Crippen LogP contribution in [0.2, 0.25) is 0 Å². The van der Waals surface area contributed by atoms with E-state index in [-0.39, 0.29) is 12.0 Å². The second-order valence-electron chi connectivity index (χ2n) is 5.84. The van der Waals surface area contributed by atoms with Gasteiger partial charge in [-0.3, -0.25) is 4.90 Å². The van der Waals surface area contributed by atoms with Crippen molar-refractivity contribution < 1.29 is 9.90 Å². The standard InChI is InChI=1S/C14H23N3O2S/c1-9(2)11-12(14(18)19)20-13(15-11)10-8-16(3)6-5-7-17(10)4/h9-10H,5-8H2,1-4H3,(H,18,19). The Balaban J connectivity index is 2.35. The third-order valence-electron chi connectivity index (χ3n) is 3.76. The molecule has 1 aliphatic heterocycles. The predicted molar refractivity (Wildman–Crippen MR) is 80.6 cm³/mol. The Kier molecular flexibility index (Phi) is 4.78. The van der Waals surface area contributed by atoms with Crippen molar-refractivity contribution in [3.8, 4) is 0 Å². The summed E-state index contributed by atoms with van der Waals surface area (Å²) in [5.74, 6) is -0.720. The lowest BCUT2D eigenvalue weighted by Crippen LogP contribution is -2.30. The molecule has 0 amide bonds. The van der Waals surface area contributed by atoms with Crippen LogP contribution < -0.4 is 0 Å². The van der Waals surface area contributed by atoms with Gasteiger partial charge in [0.05, 0.1) is 11.7 Å². The zero-order valence-corrected chi connectivity index (χ0v) is 13.4. The monoisotopic (exact) mass is 297 g/mol. The van der Waals surface area contributed by atoms with Gasteiger partial charge in [0, 0.05) is 6.54 Å². The van der Waals surface area contributed by atoms with Gasteiger partial charge in [-0.25, -0.2) is 9.78 Å². The van der Waals surface area contributed by atoms with Crippen LogP contribution in [0.5, 0.6) is 0 Å². The van der Waals surface area contributed by atoms with E-state index in [0.717, 1.165) is 36.8 Å². The normalized spacial score (nSPS) is 22.1. The summed E-state index contributed by atoms with van der Waals surface area (Å²) in [4.78, 5) is 21.0. The first-order valence-electron chi connectivity index (χ1n) is 7.02. The van der Waals surface area contributed by atoms with Gasteiger partial charge >= 0.3 is 5.97 Å². The van der Waals surface area contributed by atoms with E-state index in [1.165, 1.54) is 11.3 Å². The van der Waals surface area contributed by atoms with Crippen molar-refractivity contribution in [2.45, 2.75) is 32.2 Å². The summed E-state index contributed by atoms with van der Waals surface area (Å²) in [6.07, 6.45) is 1.14. The summed E-state index contributed by atoms with van der Waals surface area (Å²) in [6, 6.07) is 0.193. The van der Waals surface area contributed by atoms with Crippen LogP contribution in [0, 0.1) is 0 Å². The fourth-order valence-electron chi connectivity index (χ4n) is 2.57. The number of thiazole rings is 1. The molecule has 2 heterocycles. The molecule has 1 saturated heterocycles. The van der Waals surface area contributed by atoms with Gasteiger partial charge in [0.2, 0.25) is 0 Å². The highest BCUT2D eigenvalue weighted by molar-refractivity contribution is 7.13. The van der Waals surface area contributed by atoms with Crippen molar-refractivity contribution in [1.29, 1.82) is 0 Å². The Morgan fingerprint density at radius 3 is 2.65 bits per heavy atom. The quantitative estimate of drug-likeness (QED) is 0.927. The fraction of sp³-hybridized carbons (Fsp3) is 0.714. The number of rotatable bonds is 3. The van der Waals surface area contributed by atoms with E-state index in [9.17, 15) is 9.90 Å². The van der Waals surface area contributed by atoms with Gasteiger partial charge < -0.3 is 10.0 Å². The van der Waals surface area contributed by atoms with Gasteiger partial charge in [0.1, 0.15) is 9.88 Å². The lowest BCUT2D eigenvalue weighted by Gasteiger charge is -2.25. The zero-order valence-electron chi connectivity index (χ0n) is 12.6. The third kappa shape index (κ3) is 3.19. The van der Waals surface area contributed by atoms with Crippen LogP contribution in [0.4, 0.5) is 0 Å². The van der Waals surface area contributed by atoms with Gasteiger partial charge in [-0.05, 0) is 39.5 Å². The van der Waals surface area contributed by atoms with Gasteiger partial charge in [0.25, 0.3) is 0 Å². The molecule has 1 atom stereocenters. The molecule has 0 spiro atoms. The number of carboxylic acids is 1. The number of hydrogen-bond donors (Lipinski definition) is 1. The molecule has 0 aromatic carbocycles. The average molecular weight is 297 g/mol. The second kappa shape index (κ2) is 6.20. The lowest BCUT2D eigenvalue weighted by molar-refractivity contribution is 0.0700. The first kappa shape index (κ1) is 15.4. The molecule has 0 radical (unpaired) electrons. The largest absolute Gasteiger partial charge is 0.477 e. The van der Waals surface area contributed by atoms with Crippen LogP contribution >= 0.6 is 11.3 Å². The minimum Gasteiger partial charge on any atom is -0.477 e. The number of likely N-dealkylation sites (N-methyl/N-ethyl adjacent to an activating group) is 2. The van der Waals surface area contributed by atoms with E-state index < -0.39 is 5.97 Å². The molecule has 1 N–H and O–H groups in total. The number of carbonyl (C=O) groups is 1. The minimum absolute atomic E-state index is 0.139. The predicted octanol–water partition coefficient (Wildman–Crippen LogP) is 2.27. The van der Waals surface area contributed by atoms with Crippen LogP contribution in [0.3, 0.4) is 0 Å². The Bertz CT molecular complexity index is 487. The number of aromatic nitrogens is 1. The maximum absolute atomic E-state index is 11.4. The van der Waals surface area contributed by atoms with Gasteiger partial charge in [-0.2, -0.15) is 0 Å². The maximum Gasteiger partial charge on any atom is 0.347 e. The van der Waals surface area contributed by atoms with Crippen molar-refractivity contribution in [2.75, 3.05) is 33.7 Å². The highest BCUT2D eigenvalue weighted by Gasteiger charge is 2.28. The van der Waals surface area contributed by atoms with Crippen molar-refractivity contribution in [2.24, 2.45) is 0 Å². The summed E-state index contributed by atoms with van der Waals surface area (Å²) in [6.45, 7) is 6.99. The Labute approximate surface area is 124 Å². The lowest BCUT2D eigenvalue weighted by atomic mass is 10.1. The van der Waals surface area contributed by atoms with E-state index in [1.807, 2.05) is 13.8 Å². The van der Waals surface area contributed by atoms with Crippen LogP contribution in [0.25, 0.3) is 0 Å². The van der Waals surface area contributed by atoms with Crippen LogP contribution in [0.15, 0.2) is 0 Å². The molecular formula is C14H23N3O2S. The first-order valence-corrected chi connectivity index (χ1v) is 7.84. The van der Waals surface area contributed by atoms with Gasteiger partial charge in [0.15, 0.2) is 0 Å². The summed E-state index contributed by atoms with van der Waals surface area (Å²) < 4.78 is 0. The molecule has 1 aliphatic rings. The molecule has 5 nitrogen and oxygen atoms in total. The molecule has 6 heteroatoms. The highest BCUT2D eigenvalue weighted by atomic mass is 32.1. The van der Waals surface area contributed by atoms with Crippen LogP contribution in [-0.2, 0) is 0 Å². The average Bonchev–Trinajstić information content (AvgIpc) is 2.73. The first-order chi connectivity index (χ1) is 9.40. The third-order valence-corrected chi connectivity index (χ3v) is 4.92. The van der Waals surface area contributed by atoms with Crippen LogP contribution in [0.1, 0.15) is 52.6 Å². The van der Waals surface area contributed by atoms with Gasteiger partial charge in [-0.1, -0.05) is 13.8 Å². The number of hydrogen-bond acceptors (Lipinski definition) is 5. The summed E-state index contributed by atoms with van der Waals surface area (Å²) in [5.41, 5.74) is 0.720. The maximum atomic E-state index is 11.4. The summed E-state index contributed by atoms with van der Waals surface area (Å²) in [7, 11) is 4.21. The molecule has 0 bridgehead atoms. The smallest absolute Gasteiger partial charge is 0.347 e. The highest BCUT2D eigenvalue weighted by Crippen LogP contribution is 2.32. The van der Waals surface area contributed by atoms with Crippen LogP contribution in [-0.4, -0.2) is 59.6 Å². The molecule has 0 aliphatic carbocycles. The molecule has 112 valence electrons. The summed E-state index contributed by atoms with van der Waals surface area (Å²) in [5, 5.41) is 10.3. The van der Waals surface area contributed by atoms with E-state index >= 15 is 0 Å². The molecule has 1 unspecified atom stereocenters. The summed E-state index contributed by atoms with van der Waals surface area (Å²) >= 11 is 1.34. The fourth-order valence-corrected chi connectivity index (χ4v) is 3.79. The minimum atomic E-state index is -0.859. The van der Waals surface area contributed by atoms with Crippen molar-refractivity contribution in [3.05, 3.63) is 15.6 Å². The topological polar surface area (TPSA) is 56.7 Å². The molecule has 0 saturated carbocycles. The Morgan fingerprint density at radius 2 is 2.10 bits per heavy atom. The van der Waals surface area contributed by atoms with E-state index in [2.05, 4.69) is 28.9 Å². The van der Waals surface area contributed by atoms with E-state index in [1.54, 1.807) is 0 Å². The molecule has 20 heavy (non-hydrogen) atoms. The van der Waals surface area contributed by atoms with Gasteiger partial charge in [-0.15, -0.1) is 11.3 Å².